The van der Waals surface area contributed by atoms with Gasteiger partial charge in [0, 0.05) is 18.6 Å². The maximum Gasteiger partial charge on any atom is 0.317 e. The molecule has 0 spiro atoms. The topological polar surface area (TPSA) is 90.0 Å². The Morgan fingerprint density at radius 2 is 2.11 bits per heavy atom. The highest BCUT2D eigenvalue weighted by atomic mass is 32.1. The van der Waals surface area contributed by atoms with Crippen molar-refractivity contribution in [3.05, 3.63) is 22.4 Å². The van der Waals surface area contributed by atoms with Crippen LogP contribution in [0.3, 0.4) is 0 Å². The molecule has 7 nitrogen and oxygen atoms in total. The van der Waals surface area contributed by atoms with E-state index in [1.807, 2.05) is 23.3 Å². The second-order valence-electron chi connectivity index (χ2n) is 7.28. The number of thiophene rings is 1. The van der Waals surface area contributed by atoms with Crippen molar-refractivity contribution in [2.45, 2.75) is 57.2 Å². The van der Waals surface area contributed by atoms with Gasteiger partial charge < -0.3 is 15.3 Å². The van der Waals surface area contributed by atoms with Gasteiger partial charge in [0.25, 0.3) is 5.91 Å². The number of amides is 2. The quantitative estimate of drug-likeness (QED) is 0.737. The Morgan fingerprint density at radius 1 is 1.33 bits per heavy atom. The van der Waals surface area contributed by atoms with Crippen molar-refractivity contribution in [3.63, 3.8) is 0 Å². The van der Waals surface area contributed by atoms with E-state index in [-0.39, 0.29) is 30.4 Å². The molecule has 2 N–H and O–H groups in total. The smallest absolute Gasteiger partial charge is 0.317 e. The molecule has 1 saturated carbocycles. The highest BCUT2D eigenvalue weighted by Crippen LogP contribution is 2.27. The first-order valence-electron chi connectivity index (χ1n) is 9.60. The van der Waals surface area contributed by atoms with Crippen LogP contribution >= 0.6 is 11.3 Å². The highest BCUT2D eigenvalue weighted by molar-refractivity contribution is 7.12. The van der Waals surface area contributed by atoms with Crippen LogP contribution in [0.4, 0.5) is 0 Å². The lowest BCUT2D eigenvalue weighted by atomic mass is 9.85. The minimum absolute atomic E-state index is 0.0353. The average Bonchev–Trinajstić information content (AvgIpc) is 3.16. The molecule has 2 fully saturated rings. The van der Waals surface area contributed by atoms with Gasteiger partial charge in [-0.1, -0.05) is 13.0 Å². The third-order valence-electron chi connectivity index (χ3n) is 5.52. The standard InChI is InChI=1S/C19H27N3O4S/c1-2-21(12-17(23)24)14-10-13(11-14)20-18(25)15-6-3-4-8-22(15)19(26)16-7-5-9-27-16/h5,7,9,13-15H,2-4,6,8,10-12H2,1H3,(H,20,25)(H,23,24). The monoisotopic (exact) mass is 393 g/mol. The van der Waals surface area contributed by atoms with E-state index in [1.165, 1.54) is 11.3 Å². The number of rotatable bonds is 7. The largest absolute Gasteiger partial charge is 0.480 e. The number of carboxylic acids is 1. The second-order valence-corrected chi connectivity index (χ2v) is 8.22. The number of nitrogens with zero attached hydrogens (tertiary/aromatic N) is 2. The van der Waals surface area contributed by atoms with Gasteiger partial charge in [-0.2, -0.15) is 0 Å². The summed E-state index contributed by atoms with van der Waals surface area (Å²) in [5.41, 5.74) is 0. The maximum atomic E-state index is 12.8. The van der Waals surface area contributed by atoms with Crippen LogP contribution in [0.15, 0.2) is 17.5 Å². The third-order valence-corrected chi connectivity index (χ3v) is 6.38. The molecule has 0 bridgehead atoms. The first-order chi connectivity index (χ1) is 13.0. The summed E-state index contributed by atoms with van der Waals surface area (Å²) in [5.74, 6) is -0.964. The molecule has 3 rings (SSSR count). The number of hydrogen-bond donors (Lipinski definition) is 2. The van der Waals surface area contributed by atoms with Gasteiger partial charge in [0.05, 0.1) is 11.4 Å². The molecule has 148 valence electrons. The van der Waals surface area contributed by atoms with Gasteiger partial charge in [0.15, 0.2) is 0 Å². The summed E-state index contributed by atoms with van der Waals surface area (Å²) < 4.78 is 0. The van der Waals surface area contributed by atoms with E-state index in [9.17, 15) is 14.4 Å². The predicted octanol–water partition coefficient (Wildman–Crippen LogP) is 1.80. The number of piperidine rings is 1. The summed E-state index contributed by atoms with van der Waals surface area (Å²) in [7, 11) is 0. The molecule has 1 aliphatic carbocycles. The Balaban J connectivity index is 1.54. The van der Waals surface area contributed by atoms with E-state index in [4.69, 9.17) is 5.11 Å². The van der Waals surface area contributed by atoms with Crippen LogP contribution in [-0.2, 0) is 9.59 Å². The molecule has 1 unspecified atom stereocenters. The summed E-state index contributed by atoms with van der Waals surface area (Å²) >= 11 is 1.40. The van der Waals surface area contributed by atoms with Crippen LogP contribution in [0.5, 0.6) is 0 Å². The molecule has 2 aliphatic rings. The average molecular weight is 394 g/mol. The molecule has 1 aromatic rings. The SMILES string of the molecule is CCN(CC(=O)O)C1CC(NC(=O)C2CCCCN2C(=O)c2cccs2)C1. The van der Waals surface area contributed by atoms with Crippen molar-refractivity contribution in [2.24, 2.45) is 0 Å². The Morgan fingerprint density at radius 3 is 2.74 bits per heavy atom. The number of carbonyl (C=O) groups is 3. The number of carboxylic acid groups (broad SMARTS) is 1. The fourth-order valence-corrected chi connectivity index (χ4v) is 4.64. The number of nitrogens with one attached hydrogen (secondary N) is 1. The van der Waals surface area contributed by atoms with Crippen LogP contribution < -0.4 is 5.32 Å². The Labute approximate surface area is 163 Å². The molecule has 1 aromatic heterocycles. The second kappa shape index (κ2) is 8.84. The van der Waals surface area contributed by atoms with E-state index in [0.717, 1.165) is 25.7 Å². The Hall–Kier alpha value is -1.93. The van der Waals surface area contributed by atoms with Crippen LogP contribution in [0.2, 0.25) is 0 Å². The molecule has 8 heteroatoms. The molecule has 1 saturated heterocycles. The van der Waals surface area contributed by atoms with Crippen LogP contribution in [-0.4, -0.2) is 70.4 Å². The first kappa shape index (κ1) is 19.8. The fraction of sp³-hybridized carbons (Fsp3) is 0.632. The van der Waals surface area contributed by atoms with Gasteiger partial charge in [-0.25, -0.2) is 0 Å². The maximum absolute atomic E-state index is 12.8. The van der Waals surface area contributed by atoms with E-state index in [2.05, 4.69) is 5.32 Å². The van der Waals surface area contributed by atoms with Crippen molar-refractivity contribution in [1.29, 1.82) is 0 Å². The third kappa shape index (κ3) is 4.68. The van der Waals surface area contributed by atoms with E-state index >= 15 is 0 Å². The van der Waals surface area contributed by atoms with Gasteiger partial charge >= 0.3 is 5.97 Å². The lowest BCUT2D eigenvalue weighted by Gasteiger charge is -2.43. The lowest BCUT2D eigenvalue weighted by Crippen LogP contribution is -2.59. The van der Waals surface area contributed by atoms with Gasteiger partial charge in [-0.05, 0) is 50.1 Å². The Kier molecular flexibility index (Phi) is 6.49. The molecule has 2 heterocycles. The molecular formula is C19H27N3O4S. The van der Waals surface area contributed by atoms with Crippen LogP contribution in [0.1, 0.15) is 48.7 Å². The number of carbonyl (C=O) groups excluding carboxylic acids is 2. The number of likely N-dealkylation sites (N-methyl/N-ethyl adjacent to an activating group) is 1. The van der Waals surface area contributed by atoms with E-state index < -0.39 is 12.0 Å². The zero-order valence-corrected chi connectivity index (χ0v) is 16.4. The normalized spacial score (nSPS) is 25.1. The minimum Gasteiger partial charge on any atom is -0.480 e. The predicted molar refractivity (Wildman–Crippen MR) is 103 cm³/mol. The fourth-order valence-electron chi connectivity index (χ4n) is 3.96. The van der Waals surface area contributed by atoms with Crippen LogP contribution in [0, 0.1) is 0 Å². The molecule has 0 aromatic carbocycles. The highest BCUT2D eigenvalue weighted by Gasteiger charge is 2.38. The van der Waals surface area contributed by atoms with Gasteiger partial charge in [-0.15, -0.1) is 11.3 Å². The molecule has 27 heavy (non-hydrogen) atoms. The summed E-state index contributed by atoms with van der Waals surface area (Å²) in [6.45, 7) is 3.28. The molecule has 2 amide bonds. The zero-order valence-electron chi connectivity index (χ0n) is 15.6. The lowest BCUT2D eigenvalue weighted by molar-refractivity contribution is -0.140. The molecule has 1 atom stereocenters. The van der Waals surface area contributed by atoms with E-state index in [0.29, 0.717) is 24.4 Å². The van der Waals surface area contributed by atoms with Crippen molar-refractivity contribution < 1.29 is 19.5 Å². The van der Waals surface area contributed by atoms with Crippen molar-refractivity contribution >= 4 is 29.1 Å². The van der Waals surface area contributed by atoms with Crippen molar-refractivity contribution in [2.75, 3.05) is 19.6 Å². The first-order valence-corrected chi connectivity index (χ1v) is 10.5. The van der Waals surface area contributed by atoms with Gasteiger partial charge in [0.2, 0.25) is 5.91 Å². The number of hydrogen-bond acceptors (Lipinski definition) is 5. The zero-order chi connectivity index (χ0) is 19.4. The van der Waals surface area contributed by atoms with Crippen molar-refractivity contribution in [1.82, 2.24) is 15.1 Å². The summed E-state index contributed by atoms with van der Waals surface area (Å²) in [6.07, 6.45) is 4.09. The van der Waals surface area contributed by atoms with Gasteiger partial charge in [-0.3, -0.25) is 19.3 Å². The molecule has 0 radical (unpaired) electrons. The van der Waals surface area contributed by atoms with Crippen LogP contribution in [0.25, 0.3) is 0 Å². The van der Waals surface area contributed by atoms with Gasteiger partial charge in [0.1, 0.15) is 6.04 Å². The summed E-state index contributed by atoms with van der Waals surface area (Å²) in [5, 5.41) is 13.9. The minimum atomic E-state index is -0.825. The Bertz CT molecular complexity index is 673. The molecular weight excluding hydrogens is 366 g/mol. The number of likely N-dealkylation sites (tertiary alicyclic amines) is 1. The number of aliphatic carboxylic acids is 1. The van der Waals surface area contributed by atoms with Crippen molar-refractivity contribution in [3.8, 4) is 0 Å². The summed E-state index contributed by atoms with van der Waals surface area (Å²) in [4.78, 5) is 40.8. The summed E-state index contributed by atoms with van der Waals surface area (Å²) in [6, 6.07) is 3.50. The molecule has 1 aliphatic heterocycles. The van der Waals surface area contributed by atoms with E-state index in [1.54, 1.807) is 11.0 Å².